The summed E-state index contributed by atoms with van der Waals surface area (Å²) >= 11 is 0. The van der Waals surface area contributed by atoms with Crippen LogP contribution < -0.4 is 10.1 Å². The molecule has 1 fully saturated rings. The quantitative estimate of drug-likeness (QED) is 0.168. The molecule has 1 aliphatic carbocycles. The van der Waals surface area contributed by atoms with Crippen molar-refractivity contribution < 1.29 is 4.74 Å². The van der Waals surface area contributed by atoms with Crippen LogP contribution in [0, 0.1) is 6.92 Å². The minimum absolute atomic E-state index is 0.415. The van der Waals surface area contributed by atoms with Gasteiger partial charge in [0.1, 0.15) is 17.1 Å². The number of aryl methyl sites for hydroxylation is 2. The summed E-state index contributed by atoms with van der Waals surface area (Å²) in [4.78, 5) is 7.67. The number of hydrogen-bond donors (Lipinski definition) is 2. The monoisotopic (exact) mass is 600 g/mol. The first-order valence-corrected chi connectivity index (χ1v) is 16.1. The fraction of sp³-hybridized carbons (Fsp3) is 0.333. The molecule has 0 spiro atoms. The van der Waals surface area contributed by atoms with E-state index in [4.69, 9.17) is 9.72 Å². The molecule has 2 unspecified atom stereocenters. The summed E-state index contributed by atoms with van der Waals surface area (Å²) in [5.41, 5.74) is 7.65. The van der Waals surface area contributed by atoms with Crippen LogP contribution >= 0.6 is 0 Å². The lowest BCUT2D eigenvalue weighted by Gasteiger charge is -2.24. The zero-order valence-electron chi connectivity index (χ0n) is 26.0. The van der Waals surface area contributed by atoms with Crippen molar-refractivity contribution in [3.63, 3.8) is 0 Å². The minimum Gasteiger partial charge on any atom is -0.491 e. The number of benzene rings is 3. The number of aromatic amines is 1. The molecule has 0 bridgehead atoms. The number of allylic oxidation sites excluding steroid dienone is 2. The molecule has 9 heteroatoms. The number of H-pyrrole nitrogens is 1. The van der Waals surface area contributed by atoms with Crippen molar-refractivity contribution in [1.29, 1.82) is 0 Å². The van der Waals surface area contributed by atoms with E-state index in [9.17, 15) is 0 Å². The van der Waals surface area contributed by atoms with Gasteiger partial charge >= 0.3 is 0 Å². The van der Waals surface area contributed by atoms with Gasteiger partial charge in [-0.25, -0.2) is 4.98 Å². The fourth-order valence-corrected chi connectivity index (χ4v) is 6.51. The van der Waals surface area contributed by atoms with Gasteiger partial charge in [0.05, 0.1) is 12.1 Å². The van der Waals surface area contributed by atoms with Crippen LogP contribution in [0.2, 0.25) is 0 Å². The lowest BCUT2D eigenvalue weighted by atomic mass is 9.98. The van der Waals surface area contributed by atoms with Gasteiger partial charge in [-0.1, -0.05) is 92.2 Å². The van der Waals surface area contributed by atoms with Gasteiger partial charge < -0.3 is 9.30 Å². The highest BCUT2D eigenvalue weighted by Gasteiger charge is 2.30. The third kappa shape index (κ3) is 6.06. The SMILES string of the molecule is CCCCc1nc2c(C)ccc(OCCCN3CNC4C=CC=CC43)c2n1Cc1ccc(-c2ccccc2-c2nn[nH]n2)cc1. The van der Waals surface area contributed by atoms with Gasteiger partial charge in [0, 0.05) is 43.8 Å². The second-order valence-electron chi connectivity index (χ2n) is 11.9. The molecule has 3 aromatic carbocycles. The van der Waals surface area contributed by atoms with Crippen LogP contribution in [-0.4, -0.2) is 67.0 Å². The minimum atomic E-state index is 0.415. The Hall–Kier alpha value is -4.60. The molecule has 230 valence electrons. The second-order valence-corrected chi connectivity index (χ2v) is 11.9. The zero-order chi connectivity index (χ0) is 30.6. The molecule has 0 radical (unpaired) electrons. The van der Waals surface area contributed by atoms with E-state index in [-0.39, 0.29) is 0 Å². The van der Waals surface area contributed by atoms with Crippen LogP contribution in [-0.2, 0) is 13.0 Å². The molecule has 9 nitrogen and oxygen atoms in total. The normalized spacial score (nSPS) is 17.7. The predicted molar refractivity (Wildman–Crippen MR) is 178 cm³/mol. The average molecular weight is 601 g/mol. The van der Waals surface area contributed by atoms with E-state index in [1.807, 2.05) is 18.2 Å². The van der Waals surface area contributed by atoms with Crippen LogP contribution in [0.1, 0.15) is 43.1 Å². The summed E-state index contributed by atoms with van der Waals surface area (Å²) in [6.07, 6.45) is 13.0. The van der Waals surface area contributed by atoms with Crippen molar-refractivity contribution in [2.45, 2.75) is 58.2 Å². The predicted octanol–water partition coefficient (Wildman–Crippen LogP) is 6.08. The van der Waals surface area contributed by atoms with Gasteiger partial charge in [-0.15, -0.1) is 10.2 Å². The van der Waals surface area contributed by atoms with Gasteiger partial charge in [-0.3, -0.25) is 10.2 Å². The number of ether oxygens (including phenoxy) is 1. The van der Waals surface area contributed by atoms with Gasteiger partial charge in [0.15, 0.2) is 0 Å². The summed E-state index contributed by atoms with van der Waals surface area (Å²) in [5.74, 6) is 2.62. The van der Waals surface area contributed by atoms with E-state index in [2.05, 4.69) is 116 Å². The van der Waals surface area contributed by atoms with Crippen LogP contribution in [0.4, 0.5) is 0 Å². The van der Waals surface area contributed by atoms with Crippen molar-refractivity contribution in [2.75, 3.05) is 19.8 Å². The van der Waals surface area contributed by atoms with Crippen molar-refractivity contribution in [1.82, 2.24) is 40.4 Å². The maximum Gasteiger partial charge on any atom is 0.205 e. The Morgan fingerprint density at radius 2 is 1.80 bits per heavy atom. The van der Waals surface area contributed by atoms with Crippen molar-refractivity contribution in [3.05, 3.63) is 102 Å². The van der Waals surface area contributed by atoms with Crippen LogP contribution in [0.3, 0.4) is 0 Å². The summed E-state index contributed by atoms with van der Waals surface area (Å²) in [5, 5.41) is 18.3. The first-order valence-electron chi connectivity index (χ1n) is 16.1. The number of rotatable bonds is 12. The molecule has 2 aromatic heterocycles. The molecule has 0 saturated carbocycles. The van der Waals surface area contributed by atoms with Crippen molar-refractivity contribution in [3.8, 4) is 28.3 Å². The summed E-state index contributed by atoms with van der Waals surface area (Å²) < 4.78 is 8.91. The molecule has 1 aliphatic heterocycles. The fourth-order valence-electron chi connectivity index (χ4n) is 6.51. The third-order valence-electron chi connectivity index (χ3n) is 8.92. The number of hydrogen-bond acceptors (Lipinski definition) is 7. The van der Waals surface area contributed by atoms with Gasteiger partial charge in [0.2, 0.25) is 5.82 Å². The first kappa shape index (κ1) is 29.1. The summed E-state index contributed by atoms with van der Waals surface area (Å²) in [6.45, 7) is 7.67. The smallest absolute Gasteiger partial charge is 0.205 e. The Kier molecular flexibility index (Phi) is 8.53. The lowest BCUT2D eigenvalue weighted by molar-refractivity contribution is 0.240. The third-order valence-corrected chi connectivity index (χ3v) is 8.92. The Labute approximate surface area is 264 Å². The van der Waals surface area contributed by atoms with Crippen molar-refractivity contribution >= 4 is 11.0 Å². The Bertz CT molecular complexity index is 1810. The number of unbranched alkanes of at least 4 members (excludes halogenated alkanes) is 1. The van der Waals surface area contributed by atoms with Gasteiger partial charge in [0.25, 0.3) is 0 Å². The Morgan fingerprint density at radius 1 is 0.956 bits per heavy atom. The molecule has 2 aliphatic rings. The first-order chi connectivity index (χ1) is 22.2. The van der Waals surface area contributed by atoms with Crippen LogP contribution in [0.5, 0.6) is 5.75 Å². The van der Waals surface area contributed by atoms with Crippen molar-refractivity contribution in [2.24, 2.45) is 0 Å². The summed E-state index contributed by atoms with van der Waals surface area (Å²) in [7, 11) is 0. The summed E-state index contributed by atoms with van der Waals surface area (Å²) in [6, 6.07) is 22.0. The molecule has 3 heterocycles. The molecule has 7 rings (SSSR count). The number of tetrazole rings is 1. The maximum absolute atomic E-state index is 6.53. The second kappa shape index (κ2) is 13.2. The van der Waals surface area contributed by atoms with Gasteiger partial charge in [-0.05, 0) is 53.3 Å². The average Bonchev–Trinajstić information content (AvgIpc) is 3.84. The number of nitrogens with zero attached hydrogens (tertiary/aromatic N) is 6. The van der Waals surface area contributed by atoms with E-state index < -0.39 is 0 Å². The highest BCUT2D eigenvalue weighted by Crippen LogP contribution is 2.33. The number of aromatic nitrogens is 6. The van der Waals surface area contributed by atoms with Crippen LogP contribution in [0.25, 0.3) is 33.5 Å². The molecular formula is C36H40N8O. The van der Waals surface area contributed by atoms with E-state index >= 15 is 0 Å². The topological polar surface area (TPSA) is 96.8 Å². The Morgan fingerprint density at radius 3 is 2.62 bits per heavy atom. The molecular weight excluding hydrogens is 560 g/mol. The number of fused-ring (bicyclic) bond motifs is 2. The van der Waals surface area contributed by atoms with Gasteiger partial charge in [-0.2, -0.15) is 5.21 Å². The molecule has 45 heavy (non-hydrogen) atoms. The van der Waals surface area contributed by atoms with E-state index in [1.54, 1.807) is 0 Å². The zero-order valence-corrected chi connectivity index (χ0v) is 26.0. The maximum atomic E-state index is 6.53. The molecule has 0 amide bonds. The molecule has 5 aromatic rings. The highest BCUT2D eigenvalue weighted by atomic mass is 16.5. The van der Waals surface area contributed by atoms with E-state index in [0.717, 1.165) is 84.7 Å². The van der Waals surface area contributed by atoms with E-state index in [0.29, 0.717) is 24.5 Å². The number of imidazole rings is 1. The largest absolute Gasteiger partial charge is 0.491 e. The number of nitrogens with one attached hydrogen (secondary N) is 2. The Balaban J connectivity index is 1.12. The lowest BCUT2D eigenvalue weighted by Crippen LogP contribution is -2.35. The highest BCUT2D eigenvalue weighted by molar-refractivity contribution is 5.86. The van der Waals surface area contributed by atoms with E-state index in [1.165, 1.54) is 11.1 Å². The standard InChI is InChI=1S/C36H40N8O/c1-3-4-14-33-38-34-25(2)15-20-32(45-22-9-21-43-24-37-30-12-7-8-13-31(30)43)35(34)44(33)23-26-16-18-27(19-17-26)28-10-5-6-11-29(28)36-39-41-42-40-36/h5-8,10-13,15-20,30-31,37H,3-4,9,14,21-24H2,1-2H3,(H,39,40,41,42). The van der Waals surface area contributed by atoms with Crippen LogP contribution in [0.15, 0.2) is 85.0 Å². The molecule has 1 saturated heterocycles. The molecule has 2 atom stereocenters. The molecule has 2 N–H and O–H groups in total.